The van der Waals surface area contributed by atoms with Gasteiger partial charge >= 0.3 is 0 Å². The van der Waals surface area contributed by atoms with Crippen LogP contribution in [0, 0.1) is 5.82 Å². The predicted molar refractivity (Wildman–Crippen MR) is 83.9 cm³/mol. The first-order valence-corrected chi connectivity index (χ1v) is 7.20. The number of anilines is 1. The van der Waals surface area contributed by atoms with E-state index < -0.39 is 0 Å². The van der Waals surface area contributed by atoms with Crippen LogP contribution in [0.1, 0.15) is 37.3 Å². The van der Waals surface area contributed by atoms with E-state index in [2.05, 4.69) is 19.2 Å². The van der Waals surface area contributed by atoms with Gasteiger partial charge in [0.15, 0.2) is 0 Å². The highest BCUT2D eigenvalue weighted by Gasteiger charge is 2.10. The number of rotatable bonds is 5. The van der Waals surface area contributed by atoms with E-state index in [4.69, 9.17) is 0 Å². The monoisotopic (exact) mass is 285 g/mol. The van der Waals surface area contributed by atoms with Crippen LogP contribution in [0.2, 0.25) is 0 Å². The number of halogens is 1. The van der Waals surface area contributed by atoms with Crippen molar-refractivity contribution in [1.82, 2.24) is 0 Å². The maximum atomic E-state index is 13.5. The number of benzene rings is 2. The van der Waals surface area contributed by atoms with Crippen LogP contribution < -0.4 is 5.32 Å². The zero-order valence-electron chi connectivity index (χ0n) is 12.4. The van der Waals surface area contributed by atoms with Gasteiger partial charge in [0.2, 0.25) is 5.91 Å². The summed E-state index contributed by atoms with van der Waals surface area (Å²) < 4.78 is 13.5. The van der Waals surface area contributed by atoms with Crippen LogP contribution in [0.4, 0.5) is 10.1 Å². The molecule has 0 aliphatic carbocycles. The van der Waals surface area contributed by atoms with Crippen LogP contribution in [0.25, 0.3) is 0 Å². The van der Waals surface area contributed by atoms with E-state index in [0.717, 1.165) is 11.3 Å². The molecular formula is C18H20FNO. The van der Waals surface area contributed by atoms with E-state index in [1.54, 1.807) is 18.2 Å². The van der Waals surface area contributed by atoms with Crippen LogP contribution in [-0.4, -0.2) is 5.91 Å². The molecule has 2 rings (SSSR count). The summed E-state index contributed by atoms with van der Waals surface area (Å²) in [4.78, 5) is 12.0. The highest BCUT2D eigenvalue weighted by Crippen LogP contribution is 2.23. The van der Waals surface area contributed by atoms with Crippen LogP contribution in [-0.2, 0) is 11.2 Å². The lowest BCUT2D eigenvalue weighted by atomic mass is 10.0. The fraction of sp³-hybridized carbons (Fsp3) is 0.278. The van der Waals surface area contributed by atoms with Crippen molar-refractivity contribution in [3.63, 3.8) is 0 Å². The van der Waals surface area contributed by atoms with Crippen LogP contribution in [0.3, 0.4) is 0 Å². The third-order valence-electron chi connectivity index (χ3n) is 3.44. The fourth-order valence-electron chi connectivity index (χ4n) is 2.28. The molecule has 0 atom stereocenters. The summed E-state index contributed by atoms with van der Waals surface area (Å²) >= 11 is 0. The third kappa shape index (κ3) is 4.15. The lowest BCUT2D eigenvalue weighted by Gasteiger charge is -2.13. The number of hydrogen-bond donors (Lipinski definition) is 1. The Hall–Kier alpha value is -2.16. The van der Waals surface area contributed by atoms with Gasteiger partial charge in [-0.2, -0.15) is 0 Å². The first-order valence-electron chi connectivity index (χ1n) is 7.20. The maximum absolute atomic E-state index is 13.5. The zero-order valence-corrected chi connectivity index (χ0v) is 12.4. The van der Waals surface area contributed by atoms with Crippen molar-refractivity contribution in [2.24, 2.45) is 0 Å². The first-order chi connectivity index (χ1) is 10.1. The van der Waals surface area contributed by atoms with Crippen molar-refractivity contribution in [3.05, 3.63) is 65.5 Å². The first kappa shape index (κ1) is 15.2. The van der Waals surface area contributed by atoms with E-state index in [-0.39, 0.29) is 18.1 Å². The van der Waals surface area contributed by atoms with Crippen molar-refractivity contribution in [2.75, 3.05) is 5.32 Å². The molecule has 0 unspecified atom stereocenters. The number of carbonyl (C=O) groups excluding carboxylic acids is 1. The molecule has 0 aliphatic heterocycles. The summed E-state index contributed by atoms with van der Waals surface area (Å²) in [6.45, 7) is 4.18. The number of amides is 1. The molecule has 0 aliphatic rings. The highest BCUT2D eigenvalue weighted by molar-refractivity contribution is 5.91. The van der Waals surface area contributed by atoms with Gasteiger partial charge in [0.05, 0.1) is 0 Å². The zero-order chi connectivity index (χ0) is 15.2. The topological polar surface area (TPSA) is 29.1 Å². The number of para-hydroxylation sites is 1. The van der Waals surface area contributed by atoms with Crippen molar-refractivity contribution >= 4 is 11.6 Å². The molecule has 0 fully saturated rings. The van der Waals surface area contributed by atoms with Crippen molar-refractivity contribution in [2.45, 2.75) is 32.6 Å². The van der Waals surface area contributed by atoms with Gasteiger partial charge in [0.25, 0.3) is 0 Å². The van der Waals surface area contributed by atoms with Gasteiger partial charge in [0.1, 0.15) is 5.82 Å². The molecule has 2 aromatic rings. The van der Waals surface area contributed by atoms with Gasteiger partial charge in [-0.15, -0.1) is 0 Å². The molecule has 1 amide bonds. The standard InChI is InChI=1S/C18H20FNO/c1-13(2)15-8-4-6-10-17(15)20-18(21)12-11-14-7-3-5-9-16(14)19/h3-10,13H,11-12H2,1-2H3,(H,20,21). The van der Waals surface area contributed by atoms with Crippen molar-refractivity contribution in [1.29, 1.82) is 0 Å². The molecule has 3 heteroatoms. The summed E-state index contributed by atoms with van der Waals surface area (Å²) in [6, 6.07) is 14.3. The minimum Gasteiger partial charge on any atom is -0.326 e. The second-order valence-corrected chi connectivity index (χ2v) is 5.38. The van der Waals surface area contributed by atoms with E-state index in [9.17, 15) is 9.18 Å². The Morgan fingerprint density at radius 1 is 1.10 bits per heavy atom. The number of nitrogens with one attached hydrogen (secondary N) is 1. The molecule has 2 aromatic carbocycles. The SMILES string of the molecule is CC(C)c1ccccc1NC(=O)CCc1ccccc1F. The normalized spacial score (nSPS) is 10.7. The van der Waals surface area contributed by atoms with Gasteiger partial charge in [-0.1, -0.05) is 50.2 Å². The molecule has 0 aromatic heterocycles. The van der Waals surface area contributed by atoms with E-state index in [0.29, 0.717) is 17.9 Å². The average molecular weight is 285 g/mol. The molecule has 110 valence electrons. The predicted octanol–water partition coefficient (Wildman–Crippen LogP) is 4.52. The maximum Gasteiger partial charge on any atom is 0.224 e. The van der Waals surface area contributed by atoms with Crippen LogP contribution in [0.15, 0.2) is 48.5 Å². The Balaban J connectivity index is 1.98. The lowest BCUT2D eigenvalue weighted by Crippen LogP contribution is -2.14. The average Bonchev–Trinajstić information content (AvgIpc) is 2.47. The fourth-order valence-corrected chi connectivity index (χ4v) is 2.28. The Morgan fingerprint density at radius 2 is 1.76 bits per heavy atom. The third-order valence-corrected chi connectivity index (χ3v) is 3.44. The van der Waals surface area contributed by atoms with Gasteiger partial charge < -0.3 is 5.32 Å². The minimum absolute atomic E-state index is 0.0913. The Morgan fingerprint density at radius 3 is 2.48 bits per heavy atom. The Kier molecular flexibility index (Phi) is 5.09. The summed E-state index contributed by atoms with van der Waals surface area (Å²) in [5, 5.41) is 2.92. The van der Waals surface area contributed by atoms with Crippen LogP contribution >= 0.6 is 0 Å². The number of hydrogen-bond acceptors (Lipinski definition) is 1. The van der Waals surface area contributed by atoms with E-state index >= 15 is 0 Å². The van der Waals surface area contributed by atoms with Crippen LogP contribution in [0.5, 0.6) is 0 Å². The molecule has 0 saturated carbocycles. The van der Waals surface area contributed by atoms with E-state index in [1.165, 1.54) is 6.07 Å². The molecule has 0 spiro atoms. The lowest BCUT2D eigenvalue weighted by molar-refractivity contribution is -0.116. The summed E-state index contributed by atoms with van der Waals surface area (Å²) in [6.07, 6.45) is 0.676. The Labute approximate surface area is 125 Å². The van der Waals surface area contributed by atoms with Crippen molar-refractivity contribution in [3.8, 4) is 0 Å². The molecule has 0 radical (unpaired) electrons. The summed E-state index contributed by atoms with van der Waals surface area (Å²) in [5.41, 5.74) is 2.52. The largest absolute Gasteiger partial charge is 0.326 e. The van der Waals surface area contributed by atoms with Crippen molar-refractivity contribution < 1.29 is 9.18 Å². The molecule has 0 heterocycles. The second-order valence-electron chi connectivity index (χ2n) is 5.38. The number of aryl methyl sites for hydroxylation is 1. The molecule has 21 heavy (non-hydrogen) atoms. The van der Waals surface area contributed by atoms with Gasteiger partial charge in [-0.05, 0) is 35.6 Å². The molecule has 0 saturated heterocycles. The second kappa shape index (κ2) is 7.02. The Bertz CT molecular complexity index is 622. The van der Waals surface area contributed by atoms with Gasteiger partial charge in [-0.25, -0.2) is 4.39 Å². The quantitative estimate of drug-likeness (QED) is 0.859. The van der Waals surface area contributed by atoms with Gasteiger partial charge in [0, 0.05) is 12.1 Å². The number of carbonyl (C=O) groups is 1. The summed E-state index contributed by atoms with van der Waals surface area (Å²) in [5.74, 6) is -0.00713. The summed E-state index contributed by atoms with van der Waals surface area (Å²) in [7, 11) is 0. The van der Waals surface area contributed by atoms with E-state index in [1.807, 2.05) is 24.3 Å². The highest BCUT2D eigenvalue weighted by atomic mass is 19.1. The minimum atomic E-state index is -0.257. The smallest absolute Gasteiger partial charge is 0.224 e. The van der Waals surface area contributed by atoms with Gasteiger partial charge in [-0.3, -0.25) is 4.79 Å². The molecule has 1 N–H and O–H groups in total. The molecule has 2 nitrogen and oxygen atoms in total. The molecular weight excluding hydrogens is 265 g/mol. The molecule has 0 bridgehead atoms.